The summed E-state index contributed by atoms with van der Waals surface area (Å²) in [6.45, 7) is 4.71. The molecule has 1 aromatic carbocycles. The van der Waals surface area contributed by atoms with E-state index in [0.717, 1.165) is 44.5 Å². The standard InChI is InChI=1S/C17H26N2O3S/c1-14-4-2-3-5-17(14)23(20,21)19-10-6-15(7-11-19)18-16-8-12-22-13-9-16/h2-5,15-16,18H,6-13H2,1H3. The lowest BCUT2D eigenvalue weighted by atomic mass is 10.0. The quantitative estimate of drug-likeness (QED) is 0.911. The molecule has 2 aliphatic heterocycles. The summed E-state index contributed by atoms with van der Waals surface area (Å²) in [5.41, 5.74) is 0.815. The number of piperidine rings is 1. The fourth-order valence-corrected chi connectivity index (χ4v) is 5.14. The number of nitrogens with one attached hydrogen (secondary N) is 1. The monoisotopic (exact) mass is 338 g/mol. The van der Waals surface area contributed by atoms with E-state index in [1.165, 1.54) is 0 Å². The first-order valence-electron chi connectivity index (χ1n) is 8.47. The normalized spacial score (nSPS) is 22.3. The number of ether oxygens (including phenoxy) is 1. The third-order valence-corrected chi connectivity index (χ3v) is 6.92. The Kier molecular flexibility index (Phi) is 5.36. The fraction of sp³-hybridized carbons (Fsp3) is 0.647. The Morgan fingerprint density at radius 3 is 2.30 bits per heavy atom. The van der Waals surface area contributed by atoms with E-state index in [2.05, 4.69) is 5.32 Å². The van der Waals surface area contributed by atoms with Gasteiger partial charge in [0.1, 0.15) is 0 Å². The lowest BCUT2D eigenvalue weighted by Gasteiger charge is -2.35. The minimum absolute atomic E-state index is 0.418. The molecule has 1 aromatic rings. The number of benzene rings is 1. The zero-order chi connectivity index (χ0) is 16.3. The molecule has 5 nitrogen and oxygen atoms in total. The van der Waals surface area contributed by atoms with Crippen molar-refractivity contribution in [2.45, 2.75) is 49.6 Å². The molecule has 2 heterocycles. The van der Waals surface area contributed by atoms with E-state index >= 15 is 0 Å². The number of hydrogen-bond acceptors (Lipinski definition) is 4. The van der Waals surface area contributed by atoms with Gasteiger partial charge in [-0.3, -0.25) is 0 Å². The molecule has 0 aliphatic carbocycles. The largest absolute Gasteiger partial charge is 0.381 e. The summed E-state index contributed by atoms with van der Waals surface area (Å²) in [5.74, 6) is 0. The van der Waals surface area contributed by atoms with Crippen LogP contribution in [-0.4, -0.2) is 51.1 Å². The molecule has 0 bridgehead atoms. The summed E-state index contributed by atoms with van der Waals surface area (Å²) < 4.78 is 32.6. The van der Waals surface area contributed by atoms with Crippen LogP contribution in [0.2, 0.25) is 0 Å². The SMILES string of the molecule is Cc1ccccc1S(=O)(=O)N1CCC(NC2CCOCC2)CC1. The van der Waals surface area contributed by atoms with Crippen molar-refractivity contribution in [1.82, 2.24) is 9.62 Å². The van der Waals surface area contributed by atoms with Gasteiger partial charge >= 0.3 is 0 Å². The predicted octanol–water partition coefficient (Wildman–Crippen LogP) is 1.92. The third kappa shape index (κ3) is 3.94. The minimum Gasteiger partial charge on any atom is -0.381 e. The maximum atomic E-state index is 12.8. The van der Waals surface area contributed by atoms with Gasteiger partial charge < -0.3 is 10.1 Å². The summed E-state index contributed by atoms with van der Waals surface area (Å²) >= 11 is 0. The Bertz CT molecular complexity index is 618. The molecule has 0 aromatic heterocycles. The lowest BCUT2D eigenvalue weighted by Crippen LogP contribution is -2.48. The molecule has 6 heteroatoms. The molecule has 2 saturated heterocycles. The molecule has 128 valence electrons. The number of rotatable bonds is 4. The Morgan fingerprint density at radius 2 is 1.65 bits per heavy atom. The van der Waals surface area contributed by atoms with Crippen LogP contribution in [0.5, 0.6) is 0 Å². The molecule has 0 radical (unpaired) electrons. The van der Waals surface area contributed by atoms with E-state index in [9.17, 15) is 8.42 Å². The van der Waals surface area contributed by atoms with Crippen LogP contribution in [0, 0.1) is 6.92 Å². The average Bonchev–Trinajstić information content (AvgIpc) is 2.56. The van der Waals surface area contributed by atoms with Crippen molar-refractivity contribution in [3.05, 3.63) is 29.8 Å². The van der Waals surface area contributed by atoms with Crippen molar-refractivity contribution in [2.75, 3.05) is 26.3 Å². The van der Waals surface area contributed by atoms with Crippen LogP contribution >= 0.6 is 0 Å². The molecule has 0 spiro atoms. The van der Waals surface area contributed by atoms with Crippen LogP contribution in [0.25, 0.3) is 0 Å². The van der Waals surface area contributed by atoms with E-state index in [1.54, 1.807) is 16.4 Å². The lowest BCUT2D eigenvalue weighted by molar-refractivity contribution is 0.0725. The predicted molar refractivity (Wildman–Crippen MR) is 89.9 cm³/mol. The maximum absolute atomic E-state index is 12.8. The molecule has 3 rings (SSSR count). The van der Waals surface area contributed by atoms with Crippen LogP contribution in [-0.2, 0) is 14.8 Å². The highest BCUT2D eigenvalue weighted by Gasteiger charge is 2.31. The summed E-state index contributed by atoms with van der Waals surface area (Å²) in [6.07, 6.45) is 3.87. The second kappa shape index (κ2) is 7.30. The van der Waals surface area contributed by atoms with Crippen molar-refractivity contribution in [1.29, 1.82) is 0 Å². The number of nitrogens with zero attached hydrogens (tertiary/aromatic N) is 1. The van der Waals surface area contributed by atoms with Gasteiger partial charge in [-0.1, -0.05) is 18.2 Å². The van der Waals surface area contributed by atoms with Crippen molar-refractivity contribution < 1.29 is 13.2 Å². The van der Waals surface area contributed by atoms with Gasteiger partial charge in [0.2, 0.25) is 10.0 Å². The average molecular weight is 338 g/mol. The highest BCUT2D eigenvalue weighted by Crippen LogP contribution is 2.23. The molecule has 1 N–H and O–H groups in total. The summed E-state index contributed by atoms with van der Waals surface area (Å²) in [6, 6.07) is 8.16. The van der Waals surface area contributed by atoms with Crippen molar-refractivity contribution in [3.8, 4) is 0 Å². The number of sulfonamides is 1. The fourth-order valence-electron chi connectivity index (χ4n) is 3.45. The first-order chi connectivity index (χ1) is 11.1. The second-order valence-corrected chi connectivity index (χ2v) is 8.40. The smallest absolute Gasteiger partial charge is 0.243 e. The van der Waals surface area contributed by atoms with Gasteiger partial charge in [-0.25, -0.2) is 8.42 Å². The van der Waals surface area contributed by atoms with Crippen LogP contribution in [0.15, 0.2) is 29.2 Å². The van der Waals surface area contributed by atoms with Gasteiger partial charge in [-0.05, 0) is 44.2 Å². The van der Waals surface area contributed by atoms with Gasteiger partial charge in [0.15, 0.2) is 0 Å². The van der Waals surface area contributed by atoms with Crippen molar-refractivity contribution in [2.24, 2.45) is 0 Å². The Labute approximate surface area is 139 Å². The third-order valence-electron chi connectivity index (χ3n) is 4.86. The summed E-state index contributed by atoms with van der Waals surface area (Å²) in [7, 11) is -3.36. The van der Waals surface area contributed by atoms with Crippen LogP contribution in [0.1, 0.15) is 31.2 Å². The van der Waals surface area contributed by atoms with Crippen molar-refractivity contribution >= 4 is 10.0 Å². The molecule has 2 fully saturated rings. The maximum Gasteiger partial charge on any atom is 0.243 e. The van der Waals surface area contributed by atoms with E-state index in [1.807, 2.05) is 19.1 Å². The van der Waals surface area contributed by atoms with Crippen molar-refractivity contribution in [3.63, 3.8) is 0 Å². The molecule has 0 unspecified atom stereocenters. The number of aryl methyl sites for hydroxylation is 1. The van der Waals surface area contributed by atoms with Crippen LogP contribution in [0.4, 0.5) is 0 Å². The molecule has 0 saturated carbocycles. The Hall–Kier alpha value is -0.950. The summed E-state index contributed by atoms with van der Waals surface area (Å²) in [4.78, 5) is 0.441. The van der Waals surface area contributed by atoms with Gasteiger partial charge in [0, 0.05) is 38.4 Å². The first kappa shape index (κ1) is 16.9. The van der Waals surface area contributed by atoms with Crippen LogP contribution < -0.4 is 5.32 Å². The topological polar surface area (TPSA) is 58.6 Å². The van der Waals surface area contributed by atoms with E-state index in [0.29, 0.717) is 30.1 Å². The molecular weight excluding hydrogens is 312 g/mol. The van der Waals surface area contributed by atoms with Gasteiger partial charge in [-0.15, -0.1) is 0 Å². The Balaban J connectivity index is 1.59. The van der Waals surface area contributed by atoms with E-state index in [4.69, 9.17) is 4.74 Å². The molecular formula is C17H26N2O3S. The highest BCUT2D eigenvalue weighted by atomic mass is 32.2. The van der Waals surface area contributed by atoms with Gasteiger partial charge in [0.05, 0.1) is 4.90 Å². The van der Waals surface area contributed by atoms with Gasteiger partial charge in [-0.2, -0.15) is 4.31 Å². The Morgan fingerprint density at radius 1 is 1.04 bits per heavy atom. The zero-order valence-corrected chi connectivity index (χ0v) is 14.5. The van der Waals surface area contributed by atoms with E-state index < -0.39 is 10.0 Å². The highest BCUT2D eigenvalue weighted by molar-refractivity contribution is 7.89. The molecule has 0 atom stereocenters. The zero-order valence-electron chi connectivity index (χ0n) is 13.7. The molecule has 2 aliphatic rings. The second-order valence-electron chi connectivity index (χ2n) is 6.50. The number of hydrogen-bond donors (Lipinski definition) is 1. The van der Waals surface area contributed by atoms with Gasteiger partial charge in [0.25, 0.3) is 0 Å². The van der Waals surface area contributed by atoms with E-state index in [-0.39, 0.29) is 0 Å². The molecule has 23 heavy (non-hydrogen) atoms. The summed E-state index contributed by atoms with van der Waals surface area (Å²) in [5, 5.41) is 3.68. The first-order valence-corrected chi connectivity index (χ1v) is 9.91. The minimum atomic E-state index is -3.36. The molecule has 0 amide bonds. The van der Waals surface area contributed by atoms with Crippen LogP contribution in [0.3, 0.4) is 0 Å².